The van der Waals surface area contributed by atoms with Crippen molar-refractivity contribution in [3.05, 3.63) is 29.6 Å². The van der Waals surface area contributed by atoms with Crippen LogP contribution < -0.4 is 5.32 Å². The number of hydrogen-bond donors (Lipinski definition) is 2. The first-order valence-electron chi connectivity index (χ1n) is 4.94. The maximum absolute atomic E-state index is 12.7. The van der Waals surface area contributed by atoms with Gasteiger partial charge in [0.15, 0.2) is 0 Å². The lowest BCUT2D eigenvalue weighted by molar-refractivity contribution is 0.0947. The van der Waals surface area contributed by atoms with Gasteiger partial charge in [0.25, 0.3) is 5.91 Å². The lowest BCUT2D eigenvalue weighted by atomic mass is 10.2. The number of hydrogen-bond acceptors (Lipinski definition) is 3. The highest BCUT2D eigenvalue weighted by Crippen LogP contribution is 2.17. The maximum Gasteiger partial charge on any atom is 0.255 e. The van der Waals surface area contributed by atoms with Crippen LogP contribution in [0.5, 0.6) is 5.75 Å². The van der Waals surface area contributed by atoms with Crippen molar-refractivity contribution in [2.45, 2.75) is 4.83 Å². The molecule has 94 valence electrons. The van der Waals surface area contributed by atoms with Crippen LogP contribution in [0, 0.1) is 5.82 Å². The molecular weight excluding hydrogens is 293 g/mol. The molecule has 0 saturated carbocycles. The van der Waals surface area contributed by atoms with E-state index in [0.29, 0.717) is 13.2 Å². The van der Waals surface area contributed by atoms with E-state index in [1.165, 1.54) is 6.07 Å². The maximum atomic E-state index is 12.7. The fourth-order valence-electron chi connectivity index (χ4n) is 1.24. The SMILES string of the molecule is COCC(Br)CNC(=O)c1ccc(F)cc1O. The summed E-state index contributed by atoms with van der Waals surface area (Å²) in [6.07, 6.45) is 0. The number of nitrogens with one attached hydrogen (secondary N) is 1. The molecule has 0 fully saturated rings. The Morgan fingerprint density at radius 2 is 2.35 bits per heavy atom. The average molecular weight is 306 g/mol. The molecule has 1 aromatic carbocycles. The molecule has 0 aliphatic rings. The van der Waals surface area contributed by atoms with Gasteiger partial charge >= 0.3 is 0 Å². The van der Waals surface area contributed by atoms with Crippen LogP contribution in [0.4, 0.5) is 4.39 Å². The number of benzene rings is 1. The molecule has 0 heterocycles. The smallest absolute Gasteiger partial charge is 0.255 e. The first kappa shape index (κ1) is 13.9. The Balaban J connectivity index is 2.58. The van der Waals surface area contributed by atoms with E-state index in [0.717, 1.165) is 12.1 Å². The van der Waals surface area contributed by atoms with E-state index in [1.54, 1.807) is 7.11 Å². The fourth-order valence-corrected chi connectivity index (χ4v) is 1.66. The molecule has 0 aromatic heterocycles. The van der Waals surface area contributed by atoms with Crippen LogP contribution in [0.15, 0.2) is 18.2 Å². The van der Waals surface area contributed by atoms with Gasteiger partial charge in [0.1, 0.15) is 11.6 Å². The summed E-state index contributed by atoms with van der Waals surface area (Å²) >= 11 is 3.31. The van der Waals surface area contributed by atoms with Crippen LogP contribution >= 0.6 is 15.9 Å². The first-order chi connectivity index (χ1) is 8.04. The van der Waals surface area contributed by atoms with Crippen molar-refractivity contribution >= 4 is 21.8 Å². The summed E-state index contributed by atoms with van der Waals surface area (Å²) < 4.78 is 17.6. The van der Waals surface area contributed by atoms with Crippen molar-refractivity contribution in [2.75, 3.05) is 20.3 Å². The second-order valence-corrected chi connectivity index (χ2v) is 4.72. The number of ether oxygens (including phenoxy) is 1. The summed E-state index contributed by atoms with van der Waals surface area (Å²) in [7, 11) is 1.56. The van der Waals surface area contributed by atoms with E-state index in [1.807, 2.05) is 0 Å². The molecule has 1 amide bonds. The summed E-state index contributed by atoms with van der Waals surface area (Å²) in [6, 6.07) is 3.25. The molecule has 1 atom stereocenters. The summed E-state index contributed by atoms with van der Waals surface area (Å²) in [4.78, 5) is 11.6. The highest BCUT2D eigenvalue weighted by molar-refractivity contribution is 9.09. The quantitative estimate of drug-likeness (QED) is 0.814. The van der Waals surface area contributed by atoms with Gasteiger partial charge in [0.2, 0.25) is 0 Å². The molecule has 0 aliphatic carbocycles. The second kappa shape index (κ2) is 6.56. The van der Waals surface area contributed by atoms with Gasteiger partial charge in [0, 0.05) is 19.7 Å². The Morgan fingerprint density at radius 1 is 1.65 bits per heavy atom. The van der Waals surface area contributed by atoms with Crippen LogP contribution in [0.1, 0.15) is 10.4 Å². The molecule has 1 aromatic rings. The predicted octanol–water partition coefficient (Wildman–Crippen LogP) is 1.67. The summed E-state index contributed by atoms with van der Waals surface area (Å²) in [5, 5.41) is 12.0. The largest absolute Gasteiger partial charge is 0.507 e. The molecule has 4 nitrogen and oxygen atoms in total. The van der Waals surface area contributed by atoms with Crippen molar-refractivity contribution in [3.8, 4) is 5.75 Å². The monoisotopic (exact) mass is 305 g/mol. The molecule has 2 N–H and O–H groups in total. The number of alkyl halides is 1. The number of aromatic hydroxyl groups is 1. The zero-order valence-corrected chi connectivity index (χ0v) is 10.8. The van der Waals surface area contributed by atoms with Crippen LogP contribution in [0.2, 0.25) is 0 Å². The summed E-state index contributed by atoms with van der Waals surface area (Å²) in [5.41, 5.74) is 0.0449. The van der Waals surface area contributed by atoms with Gasteiger partial charge in [-0.2, -0.15) is 0 Å². The van der Waals surface area contributed by atoms with Crippen LogP contribution in [0.25, 0.3) is 0 Å². The molecule has 0 saturated heterocycles. The average Bonchev–Trinajstić information content (AvgIpc) is 2.26. The molecule has 1 rings (SSSR count). The van der Waals surface area contributed by atoms with Gasteiger partial charge in [0.05, 0.1) is 17.0 Å². The molecule has 0 spiro atoms. The van der Waals surface area contributed by atoms with E-state index in [9.17, 15) is 14.3 Å². The number of phenols is 1. The third kappa shape index (κ3) is 4.32. The normalized spacial score (nSPS) is 12.2. The Kier molecular flexibility index (Phi) is 5.37. The Labute approximate surface area is 107 Å². The van der Waals surface area contributed by atoms with E-state index < -0.39 is 11.7 Å². The Bertz CT molecular complexity index is 400. The number of amides is 1. The van der Waals surface area contributed by atoms with Crippen LogP contribution in [0.3, 0.4) is 0 Å². The van der Waals surface area contributed by atoms with Crippen molar-refractivity contribution in [3.63, 3.8) is 0 Å². The number of rotatable bonds is 5. The van der Waals surface area contributed by atoms with Gasteiger partial charge in [-0.1, -0.05) is 15.9 Å². The molecule has 0 radical (unpaired) electrons. The van der Waals surface area contributed by atoms with E-state index >= 15 is 0 Å². The van der Waals surface area contributed by atoms with Gasteiger partial charge in [-0.3, -0.25) is 4.79 Å². The van der Waals surface area contributed by atoms with Gasteiger partial charge in [-0.05, 0) is 12.1 Å². The van der Waals surface area contributed by atoms with E-state index in [2.05, 4.69) is 21.2 Å². The molecule has 0 aliphatic heterocycles. The van der Waals surface area contributed by atoms with Crippen molar-refractivity contribution in [2.24, 2.45) is 0 Å². The van der Waals surface area contributed by atoms with Gasteiger partial charge in [-0.15, -0.1) is 0 Å². The summed E-state index contributed by atoms with van der Waals surface area (Å²) in [6.45, 7) is 0.805. The standard InChI is InChI=1S/C11H13BrFNO3/c1-17-6-7(12)5-14-11(16)9-3-2-8(13)4-10(9)15/h2-4,7,15H,5-6H2,1H3,(H,14,16). The predicted molar refractivity (Wildman–Crippen MR) is 65.0 cm³/mol. The fraction of sp³-hybridized carbons (Fsp3) is 0.364. The number of carbonyl (C=O) groups excluding carboxylic acids is 1. The third-order valence-electron chi connectivity index (χ3n) is 2.04. The van der Waals surface area contributed by atoms with Crippen LogP contribution in [-0.2, 0) is 4.74 Å². The Morgan fingerprint density at radius 3 is 2.94 bits per heavy atom. The van der Waals surface area contributed by atoms with E-state index in [-0.39, 0.29) is 16.1 Å². The zero-order valence-electron chi connectivity index (χ0n) is 9.24. The third-order valence-corrected chi connectivity index (χ3v) is 2.62. The van der Waals surface area contributed by atoms with Crippen molar-refractivity contribution in [1.82, 2.24) is 5.32 Å². The molecule has 0 bridgehead atoms. The lowest BCUT2D eigenvalue weighted by Crippen LogP contribution is -2.31. The highest BCUT2D eigenvalue weighted by atomic mass is 79.9. The van der Waals surface area contributed by atoms with E-state index in [4.69, 9.17) is 4.74 Å². The molecule has 1 unspecified atom stereocenters. The topological polar surface area (TPSA) is 58.6 Å². The molecule has 17 heavy (non-hydrogen) atoms. The number of carbonyl (C=O) groups is 1. The second-order valence-electron chi connectivity index (χ2n) is 3.42. The highest BCUT2D eigenvalue weighted by Gasteiger charge is 2.13. The lowest BCUT2D eigenvalue weighted by Gasteiger charge is -2.10. The van der Waals surface area contributed by atoms with Gasteiger partial charge in [-0.25, -0.2) is 4.39 Å². The number of methoxy groups -OCH3 is 1. The first-order valence-corrected chi connectivity index (χ1v) is 5.86. The summed E-state index contributed by atoms with van der Waals surface area (Å²) in [5.74, 6) is -1.42. The minimum Gasteiger partial charge on any atom is -0.507 e. The number of phenolic OH excluding ortho intramolecular Hbond substituents is 1. The molecule has 6 heteroatoms. The van der Waals surface area contributed by atoms with Crippen LogP contribution in [-0.4, -0.2) is 36.1 Å². The van der Waals surface area contributed by atoms with Gasteiger partial charge < -0.3 is 15.2 Å². The minimum atomic E-state index is -0.586. The van der Waals surface area contributed by atoms with Crippen molar-refractivity contribution in [1.29, 1.82) is 0 Å². The number of halogens is 2. The molecular formula is C11H13BrFNO3. The van der Waals surface area contributed by atoms with Crippen molar-refractivity contribution < 1.29 is 19.0 Å². The Hall–Kier alpha value is -1.14. The zero-order chi connectivity index (χ0) is 12.8. The minimum absolute atomic E-state index is 0.0148.